The Morgan fingerprint density at radius 1 is 1.44 bits per heavy atom. The molecule has 1 amide bonds. The van der Waals surface area contributed by atoms with Crippen molar-refractivity contribution in [2.24, 2.45) is 17.0 Å². The standard InChI is InChI=1S/C15H22N4O6S2/c1-6-11-10(7(2)20)14(21)19(11)12(15(22)23)13(6)26-9-3-8(17-5-9)4-18-27(16,24)25/h6,8-11,17-18H,3-5H2,1-2H3,(H,22,23)(H2,16,24,25)/t6-,8+,9+,10-,11-/m1/s1. The van der Waals surface area contributed by atoms with Gasteiger partial charge in [-0.1, -0.05) is 6.92 Å². The van der Waals surface area contributed by atoms with Crippen molar-refractivity contribution in [3.63, 3.8) is 0 Å². The number of nitrogens with one attached hydrogen (secondary N) is 2. The zero-order valence-electron chi connectivity index (χ0n) is 14.8. The maximum atomic E-state index is 12.3. The predicted octanol–water partition coefficient (Wildman–Crippen LogP) is -1.39. The lowest BCUT2D eigenvalue weighted by molar-refractivity contribution is -0.160. The van der Waals surface area contributed by atoms with Crippen LogP contribution in [0.25, 0.3) is 0 Å². The van der Waals surface area contributed by atoms with Gasteiger partial charge in [-0.15, -0.1) is 11.8 Å². The Morgan fingerprint density at radius 3 is 2.67 bits per heavy atom. The van der Waals surface area contributed by atoms with E-state index in [0.29, 0.717) is 17.9 Å². The van der Waals surface area contributed by atoms with E-state index in [0.717, 1.165) is 0 Å². The molecule has 0 spiro atoms. The van der Waals surface area contributed by atoms with Gasteiger partial charge >= 0.3 is 5.97 Å². The van der Waals surface area contributed by atoms with Crippen LogP contribution in [0.5, 0.6) is 0 Å². The zero-order chi connectivity index (χ0) is 20.1. The number of fused-ring (bicyclic) bond motifs is 1. The van der Waals surface area contributed by atoms with Gasteiger partial charge in [-0.05, 0) is 13.3 Å². The quantitative estimate of drug-likeness (QED) is 0.290. The third-order valence-corrected chi connectivity index (χ3v) is 7.27. The summed E-state index contributed by atoms with van der Waals surface area (Å²) in [6, 6.07) is -0.548. The van der Waals surface area contributed by atoms with Gasteiger partial charge in [-0.2, -0.15) is 8.42 Å². The first-order valence-electron chi connectivity index (χ1n) is 8.49. The number of hydrogen-bond donors (Lipinski definition) is 4. The highest BCUT2D eigenvalue weighted by molar-refractivity contribution is 8.03. The number of aliphatic carboxylic acids is 1. The van der Waals surface area contributed by atoms with Crippen molar-refractivity contribution in [2.75, 3.05) is 13.1 Å². The third kappa shape index (κ3) is 3.76. The Labute approximate surface area is 161 Å². The normalized spacial score (nSPS) is 33.2. The molecule has 0 radical (unpaired) electrons. The van der Waals surface area contributed by atoms with Crippen LogP contribution in [-0.4, -0.2) is 66.5 Å². The Balaban J connectivity index is 1.72. The van der Waals surface area contributed by atoms with E-state index in [2.05, 4.69) is 10.0 Å². The molecule has 0 bridgehead atoms. The van der Waals surface area contributed by atoms with Crippen molar-refractivity contribution >= 4 is 39.6 Å². The van der Waals surface area contributed by atoms with E-state index in [-0.39, 0.29) is 35.2 Å². The summed E-state index contributed by atoms with van der Waals surface area (Å²) in [5, 5.41) is 17.7. The van der Waals surface area contributed by atoms with Gasteiger partial charge < -0.3 is 10.4 Å². The molecule has 2 saturated heterocycles. The molecular weight excluding hydrogens is 396 g/mol. The summed E-state index contributed by atoms with van der Waals surface area (Å²) >= 11 is 1.38. The predicted molar refractivity (Wildman–Crippen MR) is 97.5 cm³/mol. The molecular formula is C15H22N4O6S2. The number of ketones is 1. The second-order valence-electron chi connectivity index (χ2n) is 7.07. The van der Waals surface area contributed by atoms with Gasteiger partial charge in [0.15, 0.2) is 0 Å². The molecule has 0 aromatic rings. The largest absolute Gasteiger partial charge is 0.477 e. The number of carboxylic acids is 1. The van der Waals surface area contributed by atoms with Crippen molar-refractivity contribution in [2.45, 2.75) is 37.6 Å². The summed E-state index contributed by atoms with van der Waals surface area (Å²) in [5.74, 6) is -2.90. The first-order chi connectivity index (χ1) is 12.5. The van der Waals surface area contributed by atoms with E-state index >= 15 is 0 Å². The molecule has 3 rings (SSSR count). The number of carbonyl (C=O) groups is 3. The summed E-state index contributed by atoms with van der Waals surface area (Å²) in [4.78, 5) is 37.6. The highest BCUT2D eigenvalue weighted by atomic mass is 32.2. The number of amides is 1. The van der Waals surface area contributed by atoms with Crippen molar-refractivity contribution in [3.05, 3.63) is 10.6 Å². The van der Waals surface area contributed by atoms with Crippen LogP contribution >= 0.6 is 11.8 Å². The van der Waals surface area contributed by atoms with Crippen LogP contribution < -0.4 is 15.2 Å². The number of nitrogens with zero attached hydrogens (tertiary/aromatic N) is 1. The number of rotatable bonds is 7. The minimum Gasteiger partial charge on any atom is -0.477 e. The van der Waals surface area contributed by atoms with Crippen LogP contribution in [0.3, 0.4) is 0 Å². The van der Waals surface area contributed by atoms with Crippen molar-refractivity contribution in [1.82, 2.24) is 14.9 Å². The molecule has 12 heteroatoms. The summed E-state index contributed by atoms with van der Waals surface area (Å²) in [7, 11) is -3.77. The van der Waals surface area contributed by atoms with E-state index in [9.17, 15) is 27.9 Å². The van der Waals surface area contributed by atoms with Crippen molar-refractivity contribution in [1.29, 1.82) is 0 Å². The molecule has 3 heterocycles. The minimum absolute atomic E-state index is 0.0219. The van der Waals surface area contributed by atoms with Crippen LogP contribution in [0.15, 0.2) is 10.6 Å². The molecule has 0 aromatic heterocycles. The fourth-order valence-corrected chi connectivity index (χ4v) is 5.93. The number of nitrogens with two attached hydrogens (primary N) is 1. The number of β-lactam (4-membered cyclic amide) rings is 1. The lowest BCUT2D eigenvalue weighted by Gasteiger charge is -2.43. The van der Waals surface area contributed by atoms with Crippen LogP contribution in [0.2, 0.25) is 0 Å². The number of thioether (sulfide) groups is 1. The molecule has 0 unspecified atom stereocenters. The molecule has 0 aliphatic carbocycles. The molecule has 3 aliphatic rings. The van der Waals surface area contributed by atoms with E-state index in [1.807, 2.05) is 6.92 Å². The van der Waals surface area contributed by atoms with Gasteiger partial charge in [-0.3, -0.25) is 14.5 Å². The molecule has 2 fully saturated rings. The number of carbonyl (C=O) groups excluding carboxylic acids is 2. The van der Waals surface area contributed by atoms with Crippen molar-refractivity contribution < 1.29 is 27.9 Å². The Hall–Kier alpha value is -1.47. The van der Waals surface area contributed by atoms with E-state index in [1.165, 1.54) is 23.6 Å². The molecule has 5 atom stereocenters. The van der Waals surface area contributed by atoms with Crippen LogP contribution in [0, 0.1) is 11.8 Å². The lowest BCUT2D eigenvalue weighted by atomic mass is 9.80. The Bertz CT molecular complexity index is 826. The van der Waals surface area contributed by atoms with Gasteiger partial charge in [0.2, 0.25) is 5.91 Å². The minimum atomic E-state index is -3.77. The monoisotopic (exact) mass is 418 g/mol. The van der Waals surface area contributed by atoms with Crippen LogP contribution in [0.1, 0.15) is 20.3 Å². The molecule has 150 valence electrons. The summed E-state index contributed by atoms with van der Waals surface area (Å²) in [5.41, 5.74) is -0.0360. The van der Waals surface area contributed by atoms with E-state index < -0.39 is 34.0 Å². The second kappa shape index (κ2) is 7.17. The van der Waals surface area contributed by atoms with Crippen LogP contribution in [-0.2, 0) is 24.6 Å². The smallest absolute Gasteiger partial charge is 0.353 e. The van der Waals surface area contributed by atoms with Gasteiger partial charge in [-0.25, -0.2) is 14.7 Å². The van der Waals surface area contributed by atoms with Gasteiger partial charge in [0, 0.05) is 35.2 Å². The number of hydrogen-bond acceptors (Lipinski definition) is 7. The van der Waals surface area contributed by atoms with Gasteiger partial charge in [0.25, 0.3) is 10.2 Å². The highest BCUT2D eigenvalue weighted by Crippen LogP contribution is 2.51. The molecule has 10 nitrogen and oxygen atoms in total. The first-order valence-corrected chi connectivity index (χ1v) is 10.9. The Morgan fingerprint density at radius 2 is 2.11 bits per heavy atom. The van der Waals surface area contributed by atoms with Gasteiger partial charge in [0.05, 0.1) is 6.04 Å². The number of carboxylic acid groups (broad SMARTS) is 1. The maximum Gasteiger partial charge on any atom is 0.353 e. The fraction of sp³-hybridized carbons (Fsp3) is 0.667. The average molecular weight is 418 g/mol. The maximum absolute atomic E-state index is 12.3. The first kappa shape index (κ1) is 20.3. The SMILES string of the molecule is CC(=O)[C@H]1C(=O)N2C(C(=O)O)=C(S[C@@H]3CN[C@H](CNS(N)(=O)=O)C3)[C@H](C)[C@H]12. The van der Waals surface area contributed by atoms with Crippen molar-refractivity contribution in [3.8, 4) is 0 Å². The zero-order valence-corrected chi connectivity index (χ0v) is 16.5. The molecule has 3 aliphatic heterocycles. The summed E-state index contributed by atoms with van der Waals surface area (Å²) in [6.45, 7) is 3.90. The second-order valence-corrected chi connectivity index (χ2v) is 9.79. The molecule has 27 heavy (non-hydrogen) atoms. The highest BCUT2D eigenvalue weighted by Gasteiger charge is 2.60. The Kier molecular flexibility index (Phi) is 5.38. The topological polar surface area (TPSA) is 159 Å². The van der Waals surface area contributed by atoms with Gasteiger partial charge in [0.1, 0.15) is 17.4 Å². The lowest BCUT2D eigenvalue weighted by Crippen LogP contribution is -2.62. The number of Topliss-reactive ketones (excluding diaryl/α,β-unsaturated/α-hetero) is 1. The van der Waals surface area contributed by atoms with E-state index in [4.69, 9.17) is 5.14 Å². The summed E-state index contributed by atoms with van der Waals surface area (Å²) < 4.78 is 24.2. The summed E-state index contributed by atoms with van der Waals surface area (Å²) in [6.07, 6.45) is 0.616. The molecule has 0 saturated carbocycles. The third-order valence-electron chi connectivity index (χ3n) is 5.19. The van der Waals surface area contributed by atoms with E-state index in [1.54, 1.807) is 0 Å². The average Bonchev–Trinajstić information content (AvgIpc) is 3.07. The molecule has 0 aromatic carbocycles. The fourth-order valence-electron chi connectivity index (χ4n) is 3.98. The molecule has 5 N–H and O–H groups in total. The van der Waals surface area contributed by atoms with Crippen LogP contribution in [0.4, 0.5) is 0 Å².